The Morgan fingerprint density at radius 2 is 2.17 bits per heavy atom. The lowest BCUT2D eigenvalue weighted by Gasteiger charge is -2.11. The summed E-state index contributed by atoms with van der Waals surface area (Å²) in [4.78, 5) is -0.288. The molecule has 2 rings (SSSR count). The molecule has 1 atom stereocenters. The number of hydrogen-bond acceptors (Lipinski definition) is 3. The van der Waals surface area contributed by atoms with Crippen LogP contribution in [0.1, 0.15) is 19.3 Å². The lowest BCUT2D eigenvalue weighted by molar-refractivity contribution is 0.532. The molecule has 0 saturated carbocycles. The molecule has 0 aliphatic carbocycles. The van der Waals surface area contributed by atoms with Crippen molar-refractivity contribution in [2.24, 2.45) is 0 Å². The van der Waals surface area contributed by atoms with Crippen LogP contribution in [0.15, 0.2) is 29.2 Å². The zero-order valence-electron chi connectivity index (χ0n) is 10.0. The summed E-state index contributed by atoms with van der Waals surface area (Å²) >= 11 is 0. The predicted octanol–water partition coefficient (Wildman–Crippen LogP) is 1.25. The molecule has 18 heavy (non-hydrogen) atoms. The first-order chi connectivity index (χ1) is 8.59. The van der Waals surface area contributed by atoms with Gasteiger partial charge in [-0.25, -0.2) is 17.5 Å². The predicted molar refractivity (Wildman–Crippen MR) is 67.2 cm³/mol. The number of hydrogen-bond donors (Lipinski definition) is 2. The maximum Gasteiger partial charge on any atom is 0.243 e. The highest BCUT2D eigenvalue weighted by Crippen LogP contribution is 2.13. The van der Waals surface area contributed by atoms with Gasteiger partial charge in [0.2, 0.25) is 10.0 Å². The summed E-state index contributed by atoms with van der Waals surface area (Å²) in [6.07, 6.45) is 2.93. The fourth-order valence-electron chi connectivity index (χ4n) is 2.11. The maximum atomic E-state index is 13.4. The Labute approximate surface area is 107 Å². The highest BCUT2D eigenvalue weighted by atomic mass is 32.2. The largest absolute Gasteiger partial charge is 0.314 e. The second kappa shape index (κ2) is 5.77. The minimum Gasteiger partial charge on any atom is -0.314 e. The fourth-order valence-corrected chi connectivity index (χ4v) is 3.24. The van der Waals surface area contributed by atoms with E-state index >= 15 is 0 Å². The van der Waals surface area contributed by atoms with E-state index < -0.39 is 15.8 Å². The van der Waals surface area contributed by atoms with Gasteiger partial charge in [0.15, 0.2) is 0 Å². The van der Waals surface area contributed by atoms with Gasteiger partial charge in [-0.15, -0.1) is 0 Å². The quantitative estimate of drug-likeness (QED) is 0.848. The first kappa shape index (κ1) is 13.5. The Balaban J connectivity index is 1.93. The summed E-state index contributed by atoms with van der Waals surface area (Å²) < 4.78 is 39.5. The molecule has 4 nitrogen and oxygen atoms in total. The smallest absolute Gasteiger partial charge is 0.243 e. The third-order valence-corrected chi connectivity index (χ3v) is 4.57. The number of rotatable bonds is 5. The van der Waals surface area contributed by atoms with Crippen LogP contribution in [0.2, 0.25) is 0 Å². The SMILES string of the molecule is O=S(=O)(NCC[C@@H]1CCCN1)c1ccccc1F. The fraction of sp³-hybridized carbons (Fsp3) is 0.500. The molecule has 0 unspecified atom stereocenters. The van der Waals surface area contributed by atoms with Gasteiger partial charge in [0.1, 0.15) is 10.7 Å². The van der Waals surface area contributed by atoms with Gasteiger partial charge in [0.25, 0.3) is 0 Å². The standard InChI is InChI=1S/C12H17FN2O2S/c13-11-5-1-2-6-12(11)18(16,17)15-9-7-10-4-3-8-14-10/h1-2,5-6,10,14-15H,3-4,7-9H2/t10-/m0/s1. The maximum absolute atomic E-state index is 13.4. The Morgan fingerprint density at radius 1 is 1.39 bits per heavy atom. The first-order valence-corrected chi connectivity index (χ1v) is 7.55. The molecule has 0 amide bonds. The molecule has 0 radical (unpaired) electrons. The van der Waals surface area contributed by atoms with Crippen molar-refractivity contribution in [2.45, 2.75) is 30.2 Å². The van der Waals surface area contributed by atoms with E-state index in [-0.39, 0.29) is 4.90 Å². The van der Waals surface area contributed by atoms with E-state index in [0.29, 0.717) is 12.6 Å². The third kappa shape index (κ3) is 3.28. The van der Waals surface area contributed by atoms with Gasteiger partial charge >= 0.3 is 0 Å². The van der Waals surface area contributed by atoms with Crippen molar-refractivity contribution in [1.29, 1.82) is 0 Å². The molecule has 0 aromatic heterocycles. The average molecular weight is 272 g/mol. The summed E-state index contributed by atoms with van der Waals surface area (Å²) in [5, 5.41) is 3.29. The van der Waals surface area contributed by atoms with E-state index in [1.807, 2.05) is 0 Å². The van der Waals surface area contributed by atoms with E-state index in [1.54, 1.807) is 0 Å². The van der Waals surface area contributed by atoms with Gasteiger partial charge < -0.3 is 5.32 Å². The van der Waals surface area contributed by atoms with Crippen LogP contribution in [0.3, 0.4) is 0 Å². The van der Waals surface area contributed by atoms with Gasteiger partial charge in [-0.1, -0.05) is 12.1 Å². The molecule has 1 aromatic carbocycles. The molecule has 1 fully saturated rings. The zero-order valence-corrected chi connectivity index (χ0v) is 10.8. The highest BCUT2D eigenvalue weighted by molar-refractivity contribution is 7.89. The molecule has 6 heteroatoms. The highest BCUT2D eigenvalue weighted by Gasteiger charge is 2.19. The van der Waals surface area contributed by atoms with Crippen LogP contribution in [0.5, 0.6) is 0 Å². The Hall–Kier alpha value is -0.980. The second-order valence-corrected chi connectivity index (χ2v) is 6.15. The third-order valence-electron chi connectivity index (χ3n) is 3.07. The van der Waals surface area contributed by atoms with Crippen LogP contribution >= 0.6 is 0 Å². The van der Waals surface area contributed by atoms with Crippen molar-refractivity contribution in [3.05, 3.63) is 30.1 Å². The van der Waals surface area contributed by atoms with E-state index in [9.17, 15) is 12.8 Å². The minimum atomic E-state index is -3.74. The summed E-state index contributed by atoms with van der Waals surface area (Å²) in [5.41, 5.74) is 0. The Kier molecular flexibility index (Phi) is 4.31. The van der Waals surface area contributed by atoms with Crippen LogP contribution in [0.4, 0.5) is 4.39 Å². The summed E-state index contributed by atoms with van der Waals surface area (Å²) in [6, 6.07) is 5.76. The van der Waals surface area contributed by atoms with E-state index in [2.05, 4.69) is 10.0 Å². The van der Waals surface area contributed by atoms with Gasteiger partial charge in [-0.2, -0.15) is 0 Å². The molecule has 100 valence electrons. The summed E-state index contributed by atoms with van der Waals surface area (Å²) in [7, 11) is -3.74. The molecule has 1 aliphatic heterocycles. The van der Waals surface area contributed by atoms with Crippen molar-refractivity contribution >= 4 is 10.0 Å². The Bertz CT molecular complexity index is 499. The van der Waals surface area contributed by atoms with Gasteiger partial charge in [-0.05, 0) is 37.9 Å². The molecule has 1 aromatic rings. The van der Waals surface area contributed by atoms with Crippen LogP contribution in [-0.2, 0) is 10.0 Å². The van der Waals surface area contributed by atoms with Gasteiger partial charge in [0.05, 0.1) is 0 Å². The van der Waals surface area contributed by atoms with Crippen molar-refractivity contribution in [3.8, 4) is 0 Å². The van der Waals surface area contributed by atoms with E-state index in [1.165, 1.54) is 18.2 Å². The molecular formula is C12H17FN2O2S. The molecule has 1 heterocycles. The lowest BCUT2D eigenvalue weighted by atomic mass is 10.2. The molecule has 1 aliphatic rings. The summed E-state index contributed by atoms with van der Waals surface area (Å²) in [5.74, 6) is -0.719. The van der Waals surface area contributed by atoms with Crippen LogP contribution < -0.4 is 10.0 Å². The number of sulfonamides is 1. The van der Waals surface area contributed by atoms with Gasteiger partial charge in [0, 0.05) is 12.6 Å². The summed E-state index contributed by atoms with van der Waals surface area (Å²) in [6.45, 7) is 1.32. The number of halogens is 1. The average Bonchev–Trinajstić information content (AvgIpc) is 2.82. The van der Waals surface area contributed by atoms with Crippen molar-refractivity contribution in [1.82, 2.24) is 10.0 Å². The second-order valence-electron chi connectivity index (χ2n) is 4.41. The van der Waals surface area contributed by atoms with Gasteiger partial charge in [-0.3, -0.25) is 0 Å². The van der Waals surface area contributed by atoms with E-state index in [4.69, 9.17) is 0 Å². The molecule has 0 spiro atoms. The molecule has 0 bridgehead atoms. The Morgan fingerprint density at radius 3 is 2.83 bits per heavy atom. The van der Waals surface area contributed by atoms with Crippen molar-refractivity contribution in [3.63, 3.8) is 0 Å². The van der Waals surface area contributed by atoms with Crippen molar-refractivity contribution in [2.75, 3.05) is 13.1 Å². The zero-order chi connectivity index (χ0) is 13.0. The molecule has 1 saturated heterocycles. The van der Waals surface area contributed by atoms with Crippen LogP contribution in [0, 0.1) is 5.82 Å². The molecule has 2 N–H and O–H groups in total. The topological polar surface area (TPSA) is 58.2 Å². The van der Waals surface area contributed by atoms with Crippen molar-refractivity contribution < 1.29 is 12.8 Å². The lowest BCUT2D eigenvalue weighted by Crippen LogP contribution is -2.31. The number of nitrogens with one attached hydrogen (secondary N) is 2. The first-order valence-electron chi connectivity index (χ1n) is 6.07. The normalized spacial score (nSPS) is 20.2. The monoisotopic (exact) mass is 272 g/mol. The van der Waals surface area contributed by atoms with Crippen LogP contribution in [-0.4, -0.2) is 27.5 Å². The number of benzene rings is 1. The van der Waals surface area contributed by atoms with E-state index in [0.717, 1.165) is 31.9 Å². The molecular weight excluding hydrogens is 255 g/mol. The van der Waals surface area contributed by atoms with Crippen LogP contribution in [0.25, 0.3) is 0 Å². The minimum absolute atomic E-state index is 0.288.